The summed E-state index contributed by atoms with van der Waals surface area (Å²) in [5, 5.41) is 8.58. The Morgan fingerprint density at radius 3 is 3.00 bits per heavy atom. The Kier molecular flexibility index (Phi) is 3.50. The Labute approximate surface area is 105 Å². The Morgan fingerprint density at radius 2 is 2.33 bits per heavy atom. The van der Waals surface area contributed by atoms with Gasteiger partial charge >= 0.3 is 5.97 Å². The van der Waals surface area contributed by atoms with Crippen molar-refractivity contribution in [1.29, 1.82) is 0 Å². The molecule has 0 amide bonds. The molecule has 2 heterocycles. The third kappa shape index (κ3) is 2.61. The molecule has 0 fully saturated rings. The van der Waals surface area contributed by atoms with E-state index in [1.165, 1.54) is 0 Å². The number of aromatic nitrogens is 2. The van der Waals surface area contributed by atoms with Gasteiger partial charge < -0.3 is 14.2 Å². The summed E-state index contributed by atoms with van der Waals surface area (Å²) in [5.74, 6) is 0.0931. The van der Waals surface area contributed by atoms with E-state index in [2.05, 4.69) is 18.8 Å². The molecule has 96 valence electrons. The maximum absolute atomic E-state index is 10.4. The molecular formula is C13H16N2O3. The molecule has 5 heteroatoms. The summed E-state index contributed by atoms with van der Waals surface area (Å²) in [7, 11) is 0. The van der Waals surface area contributed by atoms with Crippen LogP contribution < -0.4 is 4.74 Å². The van der Waals surface area contributed by atoms with Crippen molar-refractivity contribution in [2.24, 2.45) is 0 Å². The van der Waals surface area contributed by atoms with Gasteiger partial charge in [-0.05, 0) is 18.1 Å². The number of nitrogens with zero attached hydrogens (tertiary/aromatic N) is 2. The van der Waals surface area contributed by atoms with Gasteiger partial charge in [0.1, 0.15) is 0 Å². The number of hydrogen-bond acceptors (Lipinski definition) is 3. The number of hydrogen-bond donors (Lipinski definition) is 1. The van der Waals surface area contributed by atoms with Crippen LogP contribution in [0.25, 0.3) is 5.65 Å². The predicted octanol–water partition coefficient (Wildman–Crippen LogP) is 2.31. The number of rotatable bonds is 5. The molecule has 18 heavy (non-hydrogen) atoms. The second-order valence-electron chi connectivity index (χ2n) is 4.42. The van der Waals surface area contributed by atoms with Crippen molar-refractivity contribution in [3.8, 4) is 5.75 Å². The third-order valence-electron chi connectivity index (χ3n) is 2.63. The van der Waals surface area contributed by atoms with Gasteiger partial charge in [0, 0.05) is 12.4 Å². The third-order valence-corrected chi connectivity index (χ3v) is 2.63. The molecule has 0 saturated heterocycles. The SMILES string of the molecule is CC(C)c1cn2cccc(OCCC(=O)O)c2n1. The zero-order valence-electron chi connectivity index (χ0n) is 10.5. The summed E-state index contributed by atoms with van der Waals surface area (Å²) in [6, 6.07) is 3.66. The highest BCUT2D eigenvalue weighted by Crippen LogP contribution is 2.22. The summed E-state index contributed by atoms with van der Waals surface area (Å²) in [4.78, 5) is 14.9. The minimum atomic E-state index is -0.867. The maximum atomic E-state index is 10.4. The standard InChI is InChI=1S/C13H16N2O3/c1-9(2)10-8-15-6-3-4-11(13(15)14-10)18-7-5-12(16)17/h3-4,6,8-9H,5,7H2,1-2H3,(H,16,17). The molecule has 2 rings (SSSR count). The molecule has 0 aliphatic rings. The first-order chi connectivity index (χ1) is 8.58. The van der Waals surface area contributed by atoms with E-state index in [-0.39, 0.29) is 13.0 Å². The van der Waals surface area contributed by atoms with Gasteiger partial charge in [-0.3, -0.25) is 4.79 Å². The molecule has 0 atom stereocenters. The Morgan fingerprint density at radius 1 is 1.56 bits per heavy atom. The lowest BCUT2D eigenvalue weighted by Crippen LogP contribution is -2.05. The van der Waals surface area contributed by atoms with E-state index in [0.717, 1.165) is 11.3 Å². The van der Waals surface area contributed by atoms with Crippen molar-refractivity contribution >= 4 is 11.6 Å². The first-order valence-electron chi connectivity index (χ1n) is 5.90. The van der Waals surface area contributed by atoms with E-state index < -0.39 is 5.97 Å². The summed E-state index contributed by atoms with van der Waals surface area (Å²) in [5.41, 5.74) is 1.72. The lowest BCUT2D eigenvalue weighted by Gasteiger charge is -2.05. The van der Waals surface area contributed by atoms with Crippen LogP contribution in [0.3, 0.4) is 0 Å². The summed E-state index contributed by atoms with van der Waals surface area (Å²) < 4.78 is 7.35. The fraction of sp³-hybridized carbons (Fsp3) is 0.385. The molecule has 0 bridgehead atoms. The Balaban J connectivity index is 2.24. The van der Waals surface area contributed by atoms with Crippen LogP contribution in [0.4, 0.5) is 0 Å². The minimum absolute atomic E-state index is 0.0151. The van der Waals surface area contributed by atoms with Gasteiger partial charge in [0.05, 0.1) is 18.7 Å². The zero-order chi connectivity index (χ0) is 13.1. The number of pyridine rings is 1. The van der Waals surface area contributed by atoms with E-state index >= 15 is 0 Å². The van der Waals surface area contributed by atoms with E-state index in [1.807, 2.05) is 22.9 Å². The van der Waals surface area contributed by atoms with Crippen LogP contribution >= 0.6 is 0 Å². The molecule has 0 unspecified atom stereocenters. The number of aliphatic carboxylic acids is 1. The van der Waals surface area contributed by atoms with E-state index in [9.17, 15) is 4.79 Å². The highest BCUT2D eigenvalue weighted by Gasteiger charge is 2.09. The zero-order valence-corrected chi connectivity index (χ0v) is 10.5. The van der Waals surface area contributed by atoms with E-state index in [1.54, 1.807) is 6.07 Å². The Hall–Kier alpha value is -2.04. The first kappa shape index (κ1) is 12.4. The van der Waals surface area contributed by atoms with Crippen LogP contribution in [0.15, 0.2) is 24.5 Å². The molecule has 0 aliphatic carbocycles. The number of carboxylic acid groups (broad SMARTS) is 1. The number of fused-ring (bicyclic) bond motifs is 1. The monoisotopic (exact) mass is 248 g/mol. The van der Waals surface area contributed by atoms with Gasteiger partial charge in [-0.15, -0.1) is 0 Å². The topological polar surface area (TPSA) is 63.8 Å². The first-order valence-corrected chi connectivity index (χ1v) is 5.90. The van der Waals surface area contributed by atoms with Crippen molar-refractivity contribution in [2.75, 3.05) is 6.61 Å². The van der Waals surface area contributed by atoms with E-state index in [0.29, 0.717) is 11.7 Å². The summed E-state index contributed by atoms with van der Waals surface area (Å²) >= 11 is 0. The van der Waals surface area contributed by atoms with Crippen molar-refractivity contribution in [2.45, 2.75) is 26.2 Å². The Bertz CT molecular complexity index is 560. The van der Waals surface area contributed by atoms with Crippen LogP contribution in [0.1, 0.15) is 31.9 Å². The lowest BCUT2D eigenvalue weighted by molar-refractivity contribution is -0.137. The van der Waals surface area contributed by atoms with Crippen molar-refractivity contribution in [3.63, 3.8) is 0 Å². The van der Waals surface area contributed by atoms with Gasteiger partial charge in [0.2, 0.25) is 0 Å². The smallest absolute Gasteiger partial charge is 0.306 e. The van der Waals surface area contributed by atoms with Gasteiger partial charge in [-0.1, -0.05) is 13.8 Å². The predicted molar refractivity (Wildman–Crippen MR) is 67.0 cm³/mol. The second kappa shape index (κ2) is 5.08. The highest BCUT2D eigenvalue weighted by molar-refractivity contribution is 5.66. The number of ether oxygens (including phenoxy) is 1. The molecule has 1 N–H and O–H groups in total. The van der Waals surface area contributed by atoms with Crippen molar-refractivity contribution < 1.29 is 14.6 Å². The fourth-order valence-corrected chi connectivity index (χ4v) is 1.65. The van der Waals surface area contributed by atoms with Crippen LogP contribution in [-0.2, 0) is 4.79 Å². The molecule has 0 aliphatic heterocycles. The molecule has 0 spiro atoms. The molecular weight excluding hydrogens is 232 g/mol. The van der Waals surface area contributed by atoms with Gasteiger partial charge in [0.15, 0.2) is 11.4 Å². The molecule has 2 aromatic rings. The van der Waals surface area contributed by atoms with Crippen molar-refractivity contribution in [3.05, 3.63) is 30.2 Å². The summed E-state index contributed by atoms with van der Waals surface area (Å²) in [6.45, 7) is 4.30. The van der Waals surface area contributed by atoms with Crippen LogP contribution in [-0.4, -0.2) is 27.1 Å². The second-order valence-corrected chi connectivity index (χ2v) is 4.42. The maximum Gasteiger partial charge on any atom is 0.306 e. The number of imidazole rings is 1. The molecule has 0 radical (unpaired) electrons. The molecule has 0 aromatic carbocycles. The van der Waals surface area contributed by atoms with E-state index in [4.69, 9.17) is 9.84 Å². The van der Waals surface area contributed by atoms with Crippen LogP contribution in [0.2, 0.25) is 0 Å². The van der Waals surface area contributed by atoms with Crippen LogP contribution in [0.5, 0.6) is 5.75 Å². The van der Waals surface area contributed by atoms with Crippen molar-refractivity contribution in [1.82, 2.24) is 9.38 Å². The lowest BCUT2D eigenvalue weighted by atomic mass is 10.2. The average molecular weight is 248 g/mol. The highest BCUT2D eigenvalue weighted by atomic mass is 16.5. The van der Waals surface area contributed by atoms with Gasteiger partial charge in [0.25, 0.3) is 0 Å². The molecule has 2 aromatic heterocycles. The average Bonchev–Trinajstić information content (AvgIpc) is 2.73. The quantitative estimate of drug-likeness (QED) is 0.881. The normalized spacial score (nSPS) is 11.1. The van der Waals surface area contributed by atoms with Gasteiger partial charge in [-0.25, -0.2) is 4.98 Å². The fourth-order valence-electron chi connectivity index (χ4n) is 1.65. The van der Waals surface area contributed by atoms with Crippen LogP contribution in [0, 0.1) is 0 Å². The summed E-state index contributed by atoms with van der Waals surface area (Å²) in [6.07, 6.45) is 3.85. The van der Waals surface area contributed by atoms with Gasteiger partial charge in [-0.2, -0.15) is 0 Å². The minimum Gasteiger partial charge on any atom is -0.489 e. The number of carbonyl (C=O) groups is 1. The molecule has 5 nitrogen and oxygen atoms in total. The largest absolute Gasteiger partial charge is 0.489 e. The number of carboxylic acids is 1. The molecule has 0 saturated carbocycles.